The number of hydrogen-bond donors (Lipinski definition) is 1. The number of rotatable bonds is 7. The van der Waals surface area contributed by atoms with Crippen LogP contribution in [0.1, 0.15) is 35.2 Å². The van der Waals surface area contributed by atoms with Gasteiger partial charge in [0.05, 0.1) is 0 Å². The quantitative estimate of drug-likeness (QED) is 0.518. The van der Waals surface area contributed by atoms with Gasteiger partial charge in [-0.3, -0.25) is 14.5 Å². The molecule has 1 saturated heterocycles. The van der Waals surface area contributed by atoms with Crippen LogP contribution >= 0.6 is 0 Å². The molecule has 8 heteroatoms. The fourth-order valence-corrected chi connectivity index (χ4v) is 3.83. The number of benzene rings is 2. The van der Waals surface area contributed by atoms with Crippen LogP contribution in [-0.2, 0) is 16.1 Å². The summed E-state index contributed by atoms with van der Waals surface area (Å²) in [5, 5.41) is 11.9. The van der Waals surface area contributed by atoms with Gasteiger partial charge in [-0.2, -0.15) is 5.26 Å². The molecule has 0 aliphatic carbocycles. The average molecular weight is 449 g/mol. The van der Waals surface area contributed by atoms with E-state index >= 15 is 0 Å². The fraction of sp³-hybridized carbons (Fsp3) is 0.360. The zero-order valence-electron chi connectivity index (χ0n) is 18.6. The summed E-state index contributed by atoms with van der Waals surface area (Å²) in [7, 11) is 1.38. The maximum atomic E-state index is 12.7. The molecule has 1 N–H and O–H groups in total. The number of nitrogens with zero attached hydrogens (tertiary/aromatic N) is 3. The molecular weight excluding hydrogens is 420 g/mol. The molecule has 3 rings (SSSR count). The Hall–Kier alpha value is -3.86. The zero-order chi connectivity index (χ0) is 23.6. The van der Waals surface area contributed by atoms with Crippen molar-refractivity contribution in [1.82, 2.24) is 15.1 Å². The third kappa shape index (κ3) is 6.81. The van der Waals surface area contributed by atoms with E-state index in [1.807, 2.05) is 42.6 Å². The summed E-state index contributed by atoms with van der Waals surface area (Å²) in [6, 6.07) is 17.3. The lowest BCUT2D eigenvalue weighted by Gasteiger charge is -2.33. The lowest BCUT2D eigenvalue weighted by atomic mass is 9.89. The van der Waals surface area contributed by atoms with E-state index in [0.29, 0.717) is 37.9 Å². The van der Waals surface area contributed by atoms with Crippen LogP contribution in [0.3, 0.4) is 0 Å². The first-order valence-corrected chi connectivity index (χ1v) is 11.0. The van der Waals surface area contributed by atoms with Crippen LogP contribution in [0, 0.1) is 17.4 Å². The predicted octanol–water partition coefficient (Wildman–Crippen LogP) is 3.16. The molecule has 1 aliphatic rings. The van der Waals surface area contributed by atoms with E-state index in [1.54, 1.807) is 29.2 Å². The summed E-state index contributed by atoms with van der Waals surface area (Å²) in [5.74, 6) is -0.686. The Morgan fingerprint density at radius 1 is 1.09 bits per heavy atom. The summed E-state index contributed by atoms with van der Waals surface area (Å²) in [6.45, 7) is 1.25. The molecule has 1 fully saturated rings. The first-order valence-electron chi connectivity index (χ1n) is 11.0. The van der Waals surface area contributed by atoms with Crippen LogP contribution in [0.2, 0.25) is 0 Å². The van der Waals surface area contributed by atoms with Gasteiger partial charge in [0.25, 0.3) is 11.8 Å². The Morgan fingerprint density at radius 3 is 2.30 bits per heavy atom. The molecule has 2 aromatic rings. The van der Waals surface area contributed by atoms with Crippen molar-refractivity contribution in [3.8, 4) is 6.19 Å². The number of piperidine rings is 1. The lowest BCUT2D eigenvalue weighted by molar-refractivity contribution is -0.129. The number of ether oxygens (including phenoxy) is 1. The van der Waals surface area contributed by atoms with Crippen LogP contribution in [-0.4, -0.2) is 53.9 Å². The maximum absolute atomic E-state index is 12.7. The molecule has 2 aromatic carbocycles. The van der Waals surface area contributed by atoms with Crippen molar-refractivity contribution >= 4 is 17.9 Å². The van der Waals surface area contributed by atoms with E-state index in [9.17, 15) is 14.4 Å². The van der Waals surface area contributed by atoms with E-state index < -0.39 is 11.9 Å². The summed E-state index contributed by atoms with van der Waals surface area (Å²) in [4.78, 5) is 40.3. The van der Waals surface area contributed by atoms with Crippen LogP contribution < -0.4 is 5.32 Å². The molecule has 172 valence electrons. The number of nitriles is 1. The summed E-state index contributed by atoms with van der Waals surface area (Å²) >= 11 is 0. The number of nitrogens with one attached hydrogen (secondary N) is 1. The van der Waals surface area contributed by atoms with Gasteiger partial charge in [-0.1, -0.05) is 48.5 Å². The van der Waals surface area contributed by atoms with Crippen molar-refractivity contribution < 1.29 is 19.1 Å². The Kier molecular flexibility index (Phi) is 8.42. The van der Waals surface area contributed by atoms with Crippen LogP contribution in [0.4, 0.5) is 4.79 Å². The predicted molar refractivity (Wildman–Crippen MR) is 122 cm³/mol. The van der Waals surface area contributed by atoms with Crippen LogP contribution in [0.15, 0.2) is 60.7 Å². The second-order valence-corrected chi connectivity index (χ2v) is 8.10. The van der Waals surface area contributed by atoms with Crippen LogP contribution in [0.5, 0.6) is 0 Å². The zero-order valence-corrected chi connectivity index (χ0v) is 18.6. The van der Waals surface area contributed by atoms with Gasteiger partial charge in [0.1, 0.15) is 12.6 Å². The summed E-state index contributed by atoms with van der Waals surface area (Å²) < 4.78 is 5.40. The Labute approximate surface area is 193 Å². The fourth-order valence-electron chi connectivity index (χ4n) is 3.83. The number of likely N-dealkylation sites (tertiary alicyclic amines) is 1. The lowest BCUT2D eigenvalue weighted by Crippen LogP contribution is -2.48. The number of carbonyl (C=O) groups is 3. The van der Waals surface area contributed by atoms with E-state index in [0.717, 1.165) is 10.5 Å². The van der Waals surface area contributed by atoms with Crippen molar-refractivity contribution in [3.63, 3.8) is 0 Å². The molecule has 8 nitrogen and oxygen atoms in total. The van der Waals surface area contributed by atoms with Gasteiger partial charge in [0.2, 0.25) is 0 Å². The topological polar surface area (TPSA) is 103 Å². The van der Waals surface area contributed by atoms with Gasteiger partial charge in [-0.25, -0.2) is 4.79 Å². The summed E-state index contributed by atoms with van der Waals surface area (Å²) in [5.41, 5.74) is 1.38. The van der Waals surface area contributed by atoms with E-state index in [2.05, 4.69) is 5.32 Å². The minimum Gasteiger partial charge on any atom is -0.445 e. The first kappa shape index (κ1) is 23.8. The second-order valence-electron chi connectivity index (χ2n) is 8.10. The average Bonchev–Trinajstić information content (AvgIpc) is 2.87. The van der Waals surface area contributed by atoms with E-state index in [-0.39, 0.29) is 24.5 Å². The Bertz CT molecular complexity index is 982. The van der Waals surface area contributed by atoms with Gasteiger partial charge < -0.3 is 15.0 Å². The Morgan fingerprint density at radius 2 is 1.70 bits per heavy atom. The number of amides is 3. The van der Waals surface area contributed by atoms with Gasteiger partial charge in [0.15, 0.2) is 6.19 Å². The molecule has 0 saturated carbocycles. The Balaban J connectivity index is 1.54. The highest BCUT2D eigenvalue weighted by Gasteiger charge is 2.31. The third-order valence-corrected chi connectivity index (χ3v) is 5.77. The second kappa shape index (κ2) is 11.7. The normalized spacial score (nSPS) is 14.6. The minimum atomic E-state index is -0.816. The van der Waals surface area contributed by atoms with E-state index in [4.69, 9.17) is 10.00 Å². The largest absolute Gasteiger partial charge is 0.445 e. The highest BCUT2D eigenvalue weighted by atomic mass is 16.6. The van der Waals surface area contributed by atoms with Crippen molar-refractivity contribution in [2.75, 3.05) is 20.1 Å². The standard InChI is InChI=1S/C25H28N4O4/c1-28(18-26)24(31)22(27-23(30)21-10-6-3-7-11-21)16-19-12-14-29(15-13-19)25(32)33-17-20-8-4-2-5-9-20/h2-11,19,22H,12-17H2,1H3,(H,27,30)/t22-/m0/s1. The first-order chi connectivity index (χ1) is 16.0. The van der Waals surface area contributed by atoms with E-state index in [1.165, 1.54) is 7.05 Å². The molecular formula is C25H28N4O4. The molecule has 1 atom stereocenters. The van der Waals surface area contributed by atoms with Gasteiger partial charge in [-0.05, 0) is 42.9 Å². The van der Waals surface area contributed by atoms with Crippen molar-refractivity contribution in [2.24, 2.45) is 5.92 Å². The molecule has 0 unspecified atom stereocenters. The molecule has 0 bridgehead atoms. The van der Waals surface area contributed by atoms with Crippen molar-refractivity contribution in [3.05, 3.63) is 71.8 Å². The number of likely N-dealkylation sites (N-methyl/N-ethyl adjacent to an activating group) is 1. The SMILES string of the molecule is CN(C#N)C(=O)[C@H](CC1CCN(C(=O)OCc2ccccc2)CC1)NC(=O)c1ccccc1. The number of hydrogen-bond acceptors (Lipinski definition) is 5. The maximum Gasteiger partial charge on any atom is 0.410 e. The molecule has 0 spiro atoms. The van der Waals surface area contributed by atoms with Crippen molar-refractivity contribution in [1.29, 1.82) is 5.26 Å². The van der Waals surface area contributed by atoms with Gasteiger partial charge in [-0.15, -0.1) is 0 Å². The molecule has 0 radical (unpaired) electrons. The minimum absolute atomic E-state index is 0.125. The van der Waals surface area contributed by atoms with Crippen molar-refractivity contribution in [2.45, 2.75) is 31.9 Å². The molecule has 3 amide bonds. The third-order valence-electron chi connectivity index (χ3n) is 5.77. The van der Waals surface area contributed by atoms with Gasteiger partial charge >= 0.3 is 6.09 Å². The molecule has 1 heterocycles. The highest BCUT2D eigenvalue weighted by molar-refractivity contribution is 5.97. The molecule has 33 heavy (non-hydrogen) atoms. The highest BCUT2D eigenvalue weighted by Crippen LogP contribution is 2.23. The molecule has 0 aromatic heterocycles. The molecule has 1 aliphatic heterocycles. The smallest absolute Gasteiger partial charge is 0.410 e. The number of carbonyl (C=O) groups excluding carboxylic acids is 3. The monoisotopic (exact) mass is 448 g/mol. The summed E-state index contributed by atoms with van der Waals surface area (Å²) in [6.07, 6.45) is 3.22. The van der Waals surface area contributed by atoms with Gasteiger partial charge in [0, 0.05) is 25.7 Å². The van der Waals surface area contributed by atoms with Crippen LogP contribution in [0.25, 0.3) is 0 Å².